The lowest BCUT2D eigenvalue weighted by atomic mass is 9.77. The molecule has 2 fully saturated rings. The van der Waals surface area contributed by atoms with Gasteiger partial charge >= 0.3 is 0 Å². The molecule has 1 amide bonds. The zero-order valence-corrected chi connectivity index (χ0v) is 15.2. The van der Waals surface area contributed by atoms with Crippen LogP contribution in [0.25, 0.3) is 10.9 Å². The molecule has 2 N–H and O–H groups in total. The SMILES string of the molecule is COC[C@]1(O)CCOC2(CCN(C(=O)c3ccc4cc[nH]c4c3)CC2)C1. The summed E-state index contributed by atoms with van der Waals surface area (Å²) in [5.41, 5.74) is 0.518. The molecule has 6 nitrogen and oxygen atoms in total. The van der Waals surface area contributed by atoms with Gasteiger partial charge in [0, 0.05) is 50.3 Å². The van der Waals surface area contributed by atoms with Crippen LogP contribution in [0.4, 0.5) is 0 Å². The van der Waals surface area contributed by atoms with E-state index in [1.165, 1.54) is 0 Å². The second-order valence-corrected chi connectivity index (χ2v) is 7.69. The zero-order valence-electron chi connectivity index (χ0n) is 15.2. The maximum atomic E-state index is 12.9. The number of benzene rings is 1. The van der Waals surface area contributed by atoms with E-state index in [0.717, 1.165) is 23.7 Å². The van der Waals surface area contributed by atoms with Gasteiger partial charge in [-0.2, -0.15) is 0 Å². The number of nitrogens with one attached hydrogen (secondary N) is 1. The average Bonchev–Trinajstić information content (AvgIpc) is 3.09. The molecule has 0 bridgehead atoms. The quantitative estimate of drug-likeness (QED) is 0.883. The minimum absolute atomic E-state index is 0.0549. The van der Waals surface area contributed by atoms with Gasteiger partial charge in [-0.1, -0.05) is 6.07 Å². The molecule has 0 unspecified atom stereocenters. The van der Waals surface area contributed by atoms with Crippen LogP contribution in [0.3, 0.4) is 0 Å². The number of ether oxygens (including phenoxy) is 2. The highest BCUT2D eigenvalue weighted by Gasteiger charge is 2.47. The van der Waals surface area contributed by atoms with Gasteiger partial charge in [0.1, 0.15) is 0 Å². The molecule has 2 aliphatic rings. The summed E-state index contributed by atoms with van der Waals surface area (Å²) in [7, 11) is 1.61. The highest BCUT2D eigenvalue weighted by Crippen LogP contribution is 2.40. The van der Waals surface area contributed by atoms with Crippen molar-refractivity contribution in [3.63, 3.8) is 0 Å². The molecule has 26 heavy (non-hydrogen) atoms. The Hall–Kier alpha value is -1.89. The van der Waals surface area contributed by atoms with E-state index in [0.29, 0.717) is 44.7 Å². The maximum Gasteiger partial charge on any atom is 0.253 e. The summed E-state index contributed by atoms with van der Waals surface area (Å²) in [6.45, 7) is 2.16. The van der Waals surface area contributed by atoms with Crippen LogP contribution in [0, 0.1) is 0 Å². The van der Waals surface area contributed by atoms with Crippen molar-refractivity contribution in [1.29, 1.82) is 0 Å². The number of aliphatic hydroxyl groups is 1. The molecule has 0 aliphatic carbocycles. The molecule has 0 saturated carbocycles. The number of fused-ring (bicyclic) bond motifs is 1. The van der Waals surface area contributed by atoms with Gasteiger partial charge in [-0.25, -0.2) is 0 Å². The van der Waals surface area contributed by atoms with Crippen LogP contribution < -0.4 is 0 Å². The Balaban J connectivity index is 1.43. The second kappa shape index (κ2) is 6.68. The van der Waals surface area contributed by atoms with Crippen molar-refractivity contribution in [3.8, 4) is 0 Å². The number of aromatic nitrogens is 1. The fourth-order valence-corrected chi connectivity index (χ4v) is 4.39. The normalized spacial score (nSPS) is 25.7. The summed E-state index contributed by atoms with van der Waals surface area (Å²) in [6.07, 6.45) is 4.54. The number of hydrogen-bond acceptors (Lipinski definition) is 4. The summed E-state index contributed by atoms with van der Waals surface area (Å²) >= 11 is 0. The monoisotopic (exact) mass is 358 g/mol. The number of nitrogens with zero attached hydrogens (tertiary/aromatic N) is 1. The molecule has 2 saturated heterocycles. The fourth-order valence-electron chi connectivity index (χ4n) is 4.39. The van der Waals surface area contributed by atoms with E-state index in [-0.39, 0.29) is 11.5 Å². The first-order valence-corrected chi connectivity index (χ1v) is 9.24. The zero-order chi connectivity index (χ0) is 18.2. The molecule has 1 spiro atoms. The summed E-state index contributed by atoms with van der Waals surface area (Å²) in [5, 5.41) is 11.8. The molecule has 1 aromatic heterocycles. The van der Waals surface area contributed by atoms with Gasteiger partial charge in [-0.15, -0.1) is 0 Å². The van der Waals surface area contributed by atoms with Gasteiger partial charge in [0.25, 0.3) is 5.91 Å². The first kappa shape index (κ1) is 17.5. The topological polar surface area (TPSA) is 74.8 Å². The highest BCUT2D eigenvalue weighted by molar-refractivity contribution is 5.98. The largest absolute Gasteiger partial charge is 0.387 e. The van der Waals surface area contributed by atoms with Crippen LogP contribution in [-0.4, -0.2) is 65.5 Å². The van der Waals surface area contributed by atoms with Crippen molar-refractivity contribution in [2.75, 3.05) is 33.4 Å². The van der Waals surface area contributed by atoms with Crippen molar-refractivity contribution in [2.24, 2.45) is 0 Å². The number of H-pyrrole nitrogens is 1. The average molecular weight is 358 g/mol. The summed E-state index contributed by atoms with van der Waals surface area (Å²) < 4.78 is 11.3. The minimum atomic E-state index is -0.822. The number of likely N-dealkylation sites (tertiary alicyclic amines) is 1. The minimum Gasteiger partial charge on any atom is -0.387 e. The third-order valence-corrected chi connectivity index (χ3v) is 5.80. The number of piperidine rings is 1. The van der Waals surface area contributed by atoms with Crippen LogP contribution in [0.1, 0.15) is 36.0 Å². The lowest BCUT2D eigenvalue weighted by Gasteiger charge is -2.49. The molecule has 3 heterocycles. The number of hydrogen-bond donors (Lipinski definition) is 2. The lowest BCUT2D eigenvalue weighted by molar-refractivity contribution is -0.189. The molecular formula is C20H26N2O4. The van der Waals surface area contributed by atoms with Crippen molar-refractivity contribution in [3.05, 3.63) is 36.0 Å². The number of aromatic amines is 1. The van der Waals surface area contributed by atoms with Gasteiger partial charge in [-0.05, 0) is 36.4 Å². The molecule has 6 heteroatoms. The second-order valence-electron chi connectivity index (χ2n) is 7.69. The van der Waals surface area contributed by atoms with Crippen molar-refractivity contribution in [2.45, 2.75) is 36.9 Å². The predicted molar refractivity (Wildman–Crippen MR) is 98.2 cm³/mol. The Kier molecular flexibility index (Phi) is 4.50. The van der Waals surface area contributed by atoms with Crippen LogP contribution in [0.15, 0.2) is 30.5 Å². The molecule has 4 rings (SSSR count). The van der Waals surface area contributed by atoms with E-state index in [9.17, 15) is 9.90 Å². The molecule has 2 aromatic rings. The van der Waals surface area contributed by atoms with Gasteiger partial charge in [0.15, 0.2) is 0 Å². The maximum absolute atomic E-state index is 12.9. The fraction of sp³-hybridized carbons (Fsp3) is 0.550. The van der Waals surface area contributed by atoms with E-state index in [4.69, 9.17) is 9.47 Å². The van der Waals surface area contributed by atoms with Crippen molar-refractivity contribution < 1.29 is 19.4 Å². The van der Waals surface area contributed by atoms with Crippen LogP contribution in [-0.2, 0) is 9.47 Å². The summed E-state index contributed by atoms with van der Waals surface area (Å²) in [6, 6.07) is 7.77. The molecule has 1 atom stereocenters. The van der Waals surface area contributed by atoms with Crippen LogP contribution >= 0.6 is 0 Å². The Labute approximate surface area is 153 Å². The van der Waals surface area contributed by atoms with Gasteiger partial charge in [-0.3, -0.25) is 4.79 Å². The van der Waals surface area contributed by atoms with E-state index in [2.05, 4.69) is 4.98 Å². The Bertz CT molecular complexity index is 790. The van der Waals surface area contributed by atoms with Crippen molar-refractivity contribution in [1.82, 2.24) is 9.88 Å². The molecular weight excluding hydrogens is 332 g/mol. The van der Waals surface area contributed by atoms with Gasteiger partial charge in [0.05, 0.1) is 24.4 Å². The molecule has 1 aromatic carbocycles. The van der Waals surface area contributed by atoms with Gasteiger partial charge in [0.2, 0.25) is 0 Å². The van der Waals surface area contributed by atoms with E-state index < -0.39 is 5.60 Å². The Morgan fingerprint density at radius 1 is 1.31 bits per heavy atom. The first-order chi connectivity index (χ1) is 12.5. The van der Waals surface area contributed by atoms with Crippen LogP contribution in [0.5, 0.6) is 0 Å². The van der Waals surface area contributed by atoms with Gasteiger partial charge < -0.3 is 24.5 Å². The van der Waals surface area contributed by atoms with E-state index in [1.54, 1.807) is 7.11 Å². The van der Waals surface area contributed by atoms with E-state index >= 15 is 0 Å². The molecule has 0 radical (unpaired) electrons. The number of methoxy groups -OCH3 is 1. The smallest absolute Gasteiger partial charge is 0.253 e. The molecule has 140 valence electrons. The lowest BCUT2D eigenvalue weighted by Crippen LogP contribution is -2.56. The first-order valence-electron chi connectivity index (χ1n) is 9.24. The summed E-state index contributed by atoms with van der Waals surface area (Å²) in [5.74, 6) is 0.0549. The van der Waals surface area contributed by atoms with Crippen LogP contribution in [0.2, 0.25) is 0 Å². The number of rotatable bonds is 3. The van der Waals surface area contributed by atoms with Crippen molar-refractivity contribution >= 4 is 16.8 Å². The summed E-state index contributed by atoms with van der Waals surface area (Å²) in [4.78, 5) is 17.9. The highest BCUT2D eigenvalue weighted by atomic mass is 16.5. The standard InChI is InChI=1S/C20H26N2O4/c1-25-14-19(24)7-11-26-20(13-19)5-9-22(10-6-20)18(23)16-3-2-15-4-8-21-17(15)12-16/h2-4,8,12,21,24H,5-7,9-11,13-14H2,1H3/t19-/m0/s1. The molecule has 2 aliphatic heterocycles. The third kappa shape index (κ3) is 3.24. The number of amides is 1. The third-order valence-electron chi connectivity index (χ3n) is 5.80. The Morgan fingerprint density at radius 2 is 2.12 bits per heavy atom. The Morgan fingerprint density at radius 3 is 2.88 bits per heavy atom. The number of carbonyl (C=O) groups excluding carboxylic acids is 1. The number of carbonyl (C=O) groups is 1. The predicted octanol–water partition coefficient (Wildman–Crippen LogP) is 2.33. The van der Waals surface area contributed by atoms with E-state index in [1.807, 2.05) is 35.4 Å².